The van der Waals surface area contributed by atoms with Crippen LogP contribution in [0.1, 0.15) is 0 Å². The number of fused-ring (bicyclic) bond motifs is 10. The third kappa shape index (κ3) is 4.66. The Balaban J connectivity index is 1.19. The van der Waals surface area contributed by atoms with Crippen LogP contribution in [0.2, 0.25) is 0 Å². The average Bonchev–Trinajstić information content (AvgIpc) is 3.61. The summed E-state index contributed by atoms with van der Waals surface area (Å²) in [5.74, 6) is 1.84. The van der Waals surface area contributed by atoms with Gasteiger partial charge in [0.25, 0.3) is 0 Å². The van der Waals surface area contributed by atoms with E-state index in [2.05, 4.69) is 140 Å². The van der Waals surface area contributed by atoms with E-state index in [9.17, 15) is 0 Å². The molecule has 11 aromatic rings. The third-order valence-electron chi connectivity index (χ3n) is 10.5. The molecule has 4 nitrogen and oxygen atoms in total. The lowest BCUT2D eigenvalue weighted by molar-refractivity contribution is 0.670. The van der Waals surface area contributed by atoms with Gasteiger partial charge in [-0.15, -0.1) is 0 Å². The van der Waals surface area contributed by atoms with Gasteiger partial charge < -0.3 is 4.42 Å². The molecule has 0 bridgehead atoms. The van der Waals surface area contributed by atoms with Crippen LogP contribution in [-0.4, -0.2) is 15.0 Å². The molecule has 0 aliphatic rings. The minimum atomic E-state index is 0.597. The first-order valence-electron chi connectivity index (χ1n) is 17.9. The maximum Gasteiger partial charge on any atom is 0.164 e. The number of rotatable bonds is 4. The quantitative estimate of drug-likeness (QED) is 0.174. The highest BCUT2D eigenvalue weighted by Crippen LogP contribution is 2.44. The fourth-order valence-electron chi connectivity index (χ4n) is 8.09. The van der Waals surface area contributed by atoms with Crippen molar-refractivity contribution in [2.24, 2.45) is 0 Å². The van der Waals surface area contributed by atoms with Crippen LogP contribution in [0.25, 0.3) is 110 Å². The van der Waals surface area contributed by atoms with Crippen molar-refractivity contribution in [3.05, 3.63) is 176 Å². The predicted molar refractivity (Wildman–Crippen MR) is 219 cm³/mol. The largest absolute Gasteiger partial charge is 0.455 e. The molecule has 0 saturated heterocycles. The SMILES string of the molecule is c1ccc(-c2nc(-c3ccc4c5ccccc5c5ccccc5c4c3)nc(-c3cccc4oc5c(-c6ccccc6)c6ccccc6cc5c34)n2)cc1. The predicted octanol–water partition coefficient (Wildman–Crippen LogP) is 13.1. The van der Waals surface area contributed by atoms with Crippen LogP contribution in [0.3, 0.4) is 0 Å². The topological polar surface area (TPSA) is 51.8 Å². The molecule has 0 radical (unpaired) electrons. The van der Waals surface area contributed by atoms with Crippen molar-refractivity contribution in [1.29, 1.82) is 0 Å². The van der Waals surface area contributed by atoms with Gasteiger partial charge in [0.1, 0.15) is 11.2 Å². The zero-order valence-corrected chi connectivity index (χ0v) is 28.5. The monoisotopic (exact) mass is 675 g/mol. The van der Waals surface area contributed by atoms with Gasteiger partial charge in [-0.1, -0.05) is 158 Å². The summed E-state index contributed by atoms with van der Waals surface area (Å²) in [6.45, 7) is 0. The first-order valence-corrected chi connectivity index (χ1v) is 17.9. The van der Waals surface area contributed by atoms with E-state index in [1.165, 1.54) is 32.3 Å². The minimum Gasteiger partial charge on any atom is -0.455 e. The van der Waals surface area contributed by atoms with Gasteiger partial charge in [0, 0.05) is 33.0 Å². The van der Waals surface area contributed by atoms with E-state index >= 15 is 0 Å². The lowest BCUT2D eigenvalue weighted by atomic mass is 9.93. The van der Waals surface area contributed by atoms with Crippen LogP contribution in [-0.2, 0) is 0 Å². The van der Waals surface area contributed by atoms with Crippen LogP contribution in [0.5, 0.6) is 0 Å². The number of benzene rings is 9. The van der Waals surface area contributed by atoms with E-state index in [1.807, 2.05) is 36.4 Å². The second-order valence-electron chi connectivity index (χ2n) is 13.5. The number of hydrogen-bond acceptors (Lipinski definition) is 4. The van der Waals surface area contributed by atoms with E-state index in [0.29, 0.717) is 17.5 Å². The Bertz CT molecular complexity index is 3190. The number of aromatic nitrogens is 3. The molecule has 0 aliphatic heterocycles. The summed E-state index contributed by atoms with van der Waals surface area (Å²) in [4.78, 5) is 15.6. The standard InChI is InChI=1S/C49H29N3O/c1-3-14-30(15-4-1)44-34-19-8-7-18-32(34)28-42-45-40(24-13-25-43(45)53-46(42)44)49-51-47(31-16-5-2-6-17-31)50-48(52-49)33-26-27-39-37-22-10-9-20-35(37)36-21-11-12-23-38(36)41(39)29-33/h1-29H. The van der Waals surface area contributed by atoms with Crippen LogP contribution < -0.4 is 0 Å². The highest BCUT2D eigenvalue weighted by Gasteiger charge is 2.21. The van der Waals surface area contributed by atoms with Crippen molar-refractivity contribution < 1.29 is 4.42 Å². The lowest BCUT2D eigenvalue weighted by Crippen LogP contribution is -2.00. The Kier molecular flexibility index (Phi) is 6.52. The van der Waals surface area contributed by atoms with Crippen LogP contribution in [0.15, 0.2) is 180 Å². The zero-order chi connectivity index (χ0) is 34.9. The summed E-state index contributed by atoms with van der Waals surface area (Å²) in [7, 11) is 0. The van der Waals surface area contributed by atoms with Gasteiger partial charge in [-0.2, -0.15) is 0 Å². The van der Waals surface area contributed by atoms with Gasteiger partial charge in [-0.05, 0) is 66.9 Å². The second kappa shape index (κ2) is 11.7. The number of nitrogens with zero attached hydrogens (tertiary/aromatic N) is 3. The van der Waals surface area contributed by atoms with Gasteiger partial charge >= 0.3 is 0 Å². The molecule has 53 heavy (non-hydrogen) atoms. The molecular weight excluding hydrogens is 647 g/mol. The highest BCUT2D eigenvalue weighted by molar-refractivity contribution is 6.26. The summed E-state index contributed by atoms with van der Waals surface area (Å²) in [5, 5.41) is 11.6. The molecule has 0 fully saturated rings. The van der Waals surface area contributed by atoms with Crippen molar-refractivity contribution in [3.8, 4) is 45.3 Å². The molecular formula is C49H29N3O. The van der Waals surface area contributed by atoms with E-state index in [4.69, 9.17) is 19.4 Å². The molecule has 0 spiro atoms. The van der Waals surface area contributed by atoms with E-state index in [1.54, 1.807) is 0 Å². The van der Waals surface area contributed by atoms with E-state index < -0.39 is 0 Å². The number of furan rings is 1. The molecule has 2 aromatic heterocycles. The molecule has 0 saturated carbocycles. The normalized spacial score (nSPS) is 11.8. The Morgan fingerprint density at radius 1 is 0.340 bits per heavy atom. The molecule has 246 valence electrons. The van der Waals surface area contributed by atoms with Crippen molar-refractivity contribution >= 4 is 65.0 Å². The van der Waals surface area contributed by atoms with Crippen molar-refractivity contribution in [2.75, 3.05) is 0 Å². The van der Waals surface area contributed by atoms with Gasteiger partial charge in [0.2, 0.25) is 0 Å². The first-order chi connectivity index (χ1) is 26.3. The smallest absolute Gasteiger partial charge is 0.164 e. The third-order valence-corrected chi connectivity index (χ3v) is 10.5. The van der Waals surface area contributed by atoms with Gasteiger partial charge in [-0.3, -0.25) is 0 Å². The average molecular weight is 676 g/mol. The molecule has 2 heterocycles. The summed E-state index contributed by atoms with van der Waals surface area (Å²) < 4.78 is 6.79. The number of hydrogen-bond donors (Lipinski definition) is 0. The zero-order valence-electron chi connectivity index (χ0n) is 28.5. The molecule has 0 atom stereocenters. The van der Waals surface area contributed by atoms with Crippen LogP contribution in [0, 0.1) is 0 Å². The molecule has 4 heteroatoms. The summed E-state index contributed by atoms with van der Waals surface area (Å²) in [5.41, 5.74) is 6.59. The Morgan fingerprint density at radius 3 is 1.58 bits per heavy atom. The molecule has 0 amide bonds. The van der Waals surface area contributed by atoms with Crippen LogP contribution >= 0.6 is 0 Å². The maximum absolute atomic E-state index is 6.79. The Morgan fingerprint density at radius 2 is 0.887 bits per heavy atom. The summed E-state index contributed by atoms with van der Waals surface area (Å²) >= 11 is 0. The molecule has 11 rings (SSSR count). The van der Waals surface area contributed by atoms with Crippen LogP contribution in [0.4, 0.5) is 0 Å². The minimum absolute atomic E-state index is 0.597. The van der Waals surface area contributed by atoms with E-state index in [0.717, 1.165) is 60.5 Å². The van der Waals surface area contributed by atoms with E-state index in [-0.39, 0.29) is 0 Å². The van der Waals surface area contributed by atoms with Crippen molar-refractivity contribution in [2.45, 2.75) is 0 Å². The summed E-state index contributed by atoms with van der Waals surface area (Å²) in [6.07, 6.45) is 0. The van der Waals surface area contributed by atoms with Crippen molar-refractivity contribution in [3.63, 3.8) is 0 Å². The molecule has 9 aromatic carbocycles. The second-order valence-corrected chi connectivity index (χ2v) is 13.5. The fourth-order valence-corrected chi connectivity index (χ4v) is 8.09. The Labute approximate surface area is 304 Å². The lowest BCUT2D eigenvalue weighted by Gasteiger charge is -2.13. The maximum atomic E-state index is 6.79. The fraction of sp³-hybridized carbons (Fsp3) is 0. The molecule has 0 aliphatic carbocycles. The first kappa shape index (κ1) is 29.5. The van der Waals surface area contributed by atoms with Crippen molar-refractivity contribution in [1.82, 2.24) is 15.0 Å². The van der Waals surface area contributed by atoms with Gasteiger partial charge in [0.15, 0.2) is 17.5 Å². The molecule has 0 N–H and O–H groups in total. The summed E-state index contributed by atoms with van der Waals surface area (Å²) in [6, 6.07) is 61.5. The molecule has 0 unspecified atom stereocenters. The Hall–Kier alpha value is -7.17. The highest BCUT2D eigenvalue weighted by atomic mass is 16.3. The van der Waals surface area contributed by atoms with Gasteiger partial charge in [-0.25, -0.2) is 15.0 Å². The van der Waals surface area contributed by atoms with Gasteiger partial charge in [0.05, 0.1) is 0 Å².